The van der Waals surface area contributed by atoms with Crippen LogP contribution in [0.25, 0.3) is 11.1 Å². The molecule has 0 saturated carbocycles. The fourth-order valence-corrected chi connectivity index (χ4v) is 3.92. The second kappa shape index (κ2) is 12.6. The van der Waals surface area contributed by atoms with Gasteiger partial charge in [0, 0.05) is 44.9 Å². The van der Waals surface area contributed by atoms with Crippen molar-refractivity contribution in [3.05, 3.63) is 54.1 Å². The fourth-order valence-electron chi connectivity index (χ4n) is 3.92. The minimum Gasteiger partial charge on any atom is -0.465 e. The predicted octanol–water partition coefficient (Wildman–Crippen LogP) is 3.73. The van der Waals surface area contributed by atoms with Gasteiger partial charge in [0.05, 0.1) is 12.7 Å². The number of carbonyl (C=O) groups is 2. The van der Waals surface area contributed by atoms with Gasteiger partial charge in [0.15, 0.2) is 0 Å². The Hall–Kier alpha value is -3.57. The van der Waals surface area contributed by atoms with E-state index in [1.54, 1.807) is 0 Å². The van der Waals surface area contributed by atoms with Gasteiger partial charge in [-0.05, 0) is 41.2 Å². The van der Waals surface area contributed by atoms with E-state index in [2.05, 4.69) is 58.7 Å². The molecular formula is C26H32N4O4. The monoisotopic (exact) mass is 464 g/mol. The first kappa shape index (κ1) is 25.1. The van der Waals surface area contributed by atoms with Gasteiger partial charge >= 0.3 is 6.09 Å². The average Bonchev–Trinajstić information content (AvgIpc) is 2.86. The lowest BCUT2D eigenvalue weighted by atomic mass is 10.0. The Labute approximate surface area is 200 Å². The van der Waals surface area contributed by atoms with E-state index in [9.17, 15) is 9.59 Å². The normalized spacial score (nSPS) is 14.4. The summed E-state index contributed by atoms with van der Waals surface area (Å²) < 4.78 is 5.77. The van der Waals surface area contributed by atoms with Gasteiger partial charge < -0.3 is 25.0 Å². The Kier molecular flexibility index (Phi) is 9.30. The van der Waals surface area contributed by atoms with Crippen molar-refractivity contribution in [2.45, 2.75) is 26.4 Å². The maximum Gasteiger partial charge on any atom is 0.407 e. The Morgan fingerprint density at radius 3 is 2.26 bits per heavy atom. The van der Waals surface area contributed by atoms with Gasteiger partial charge in [-0.2, -0.15) is 5.26 Å². The summed E-state index contributed by atoms with van der Waals surface area (Å²) in [6, 6.07) is 18.6. The van der Waals surface area contributed by atoms with Crippen LogP contribution in [0.15, 0.2) is 48.5 Å². The molecule has 34 heavy (non-hydrogen) atoms. The first-order valence-corrected chi connectivity index (χ1v) is 11.6. The van der Waals surface area contributed by atoms with Crippen LogP contribution in [0.3, 0.4) is 0 Å². The number of amides is 2. The summed E-state index contributed by atoms with van der Waals surface area (Å²) in [5.74, 6) is 0.100. The minimum absolute atomic E-state index is 0.0497. The summed E-state index contributed by atoms with van der Waals surface area (Å²) in [6.45, 7) is 5.61. The second-order valence-corrected chi connectivity index (χ2v) is 8.59. The number of carboxylic acid groups (broad SMARTS) is 1. The number of piperazine rings is 1. The van der Waals surface area contributed by atoms with E-state index in [1.165, 1.54) is 4.90 Å². The molecule has 2 aromatic carbocycles. The highest BCUT2D eigenvalue weighted by Gasteiger charge is 2.20. The molecule has 2 aromatic rings. The number of rotatable bonds is 10. The lowest BCUT2D eigenvalue weighted by molar-refractivity contribution is -0.121. The number of nitrogens with zero attached hydrogens (tertiary/aromatic N) is 3. The number of hydrogen-bond acceptors (Lipinski definition) is 5. The summed E-state index contributed by atoms with van der Waals surface area (Å²) in [6.07, 6.45) is 0.336. The number of carbonyl (C=O) groups excluding carboxylic acids is 1. The quantitative estimate of drug-likeness (QED) is 0.410. The smallest absolute Gasteiger partial charge is 0.407 e. The number of nitrogens with one attached hydrogen (secondary N) is 1. The molecule has 8 nitrogen and oxygen atoms in total. The van der Waals surface area contributed by atoms with E-state index in [4.69, 9.17) is 15.1 Å². The highest BCUT2D eigenvalue weighted by atomic mass is 16.5. The molecule has 3 rings (SSSR count). The van der Waals surface area contributed by atoms with E-state index in [0.717, 1.165) is 28.8 Å². The van der Waals surface area contributed by atoms with Crippen molar-refractivity contribution in [1.29, 1.82) is 5.26 Å². The topological polar surface area (TPSA) is 106 Å². The summed E-state index contributed by atoms with van der Waals surface area (Å²) in [7, 11) is 0. The van der Waals surface area contributed by atoms with Crippen LogP contribution in [0.1, 0.15) is 25.3 Å². The number of benzene rings is 2. The molecule has 1 fully saturated rings. The summed E-state index contributed by atoms with van der Waals surface area (Å²) in [5, 5.41) is 20.1. The van der Waals surface area contributed by atoms with Crippen molar-refractivity contribution in [2.75, 3.05) is 44.2 Å². The van der Waals surface area contributed by atoms with Crippen LogP contribution in [-0.4, -0.2) is 61.3 Å². The molecule has 2 amide bonds. The van der Waals surface area contributed by atoms with Crippen molar-refractivity contribution < 1.29 is 19.4 Å². The molecule has 8 heteroatoms. The lowest BCUT2D eigenvalue weighted by Crippen LogP contribution is -2.48. The molecule has 180 valence electrons. The van der Waals surface area contributed by atoms with Crippen LogP contribution in [0, 0.1) is 17.2 Å². The average molecular weight is 465 g/mol. The number of nitriles is 1. The molecule has 1 atom stereocenters. The zero-order chi connectivity index (χ0) is 24.3. The fraction of sp³-hybridized carbons (Fsp3) is 0.423. The lowest BCUT2D eigenvalue weighted by Gasteiger charge is -2.34. The Morgan fingerprint density at radius 1 is 1.06 bits per heavy atom. The van der Waals surface area contributed by atoms with Crippen molar-refractivity contribution in [3.63, 3.8) is 0 Å². The van der Waals surface area contributed by atoms with Crippen molar-refractivity contribution >= 4 is 17.7 Å². The van der Waals surface area contributed by atoms with E-state index in [-0.39, 0.29) is 18.4 Å². The molecule has 1 heterocycles. The molecule has 1 aliphatic heterocycles. The molecule has 1 saturated heterocycles. The van der Waals surface area contributed by atoms with Crippen LogP contribution < -0.4 is 10.2 Å². The number of ether oxygens (including phenoxy) is 1. The van der Waals surface area contributed by atoms with Crippen LogP contribution in [0.5, 0.6) is 0 Å². The van der Waals surface area contributed by atoms with Crippen LogP contribution >= 0.6 is 0 Å². The largest absolute Gasteiger partial charge is 0.465 e. The molecule has 1 unspecified atom stereocenters. The third-order valence-electron chi connectivity index (χ3n) is 5.99. The van der Waals surface area contributed by atoms with Crippen LogP contribution in [-0.2, 0) is 16.1 Å². The molecule has 0 bridgehead atoms. The van der Waals surface area contributed by atoms with Crippen LogP contribution in [0.2, 0.25) is 0 Å². The SMILES string of the molecule is CC(CCOCc1ccc(-c2ccc(N3CCN(C(=O)O)CC3)cc2)cc1)CC(=O)NCC#N. The van der Waals surface area contributed by atoms with Crippen molar-refractivity contribution in [1.82, 2.24) is 10.2 Å². The minimum atomic E-state index is -0.851. The summed E-state index contributed by atoms with van der Waals surface area (Å²) in [4.78, 5) is 26.4. The second-order valence-electron chi connectivity index (χ2n) is 8.59. The van der Waals surface area contributed by atoms with Crippen molar-refractivity contribution in [2.24, 2.45) is 5.92 Å². The first-order chi connectivity index (χ1) is 16.5. The summed E-state index contributed by atoms with van der Waals surface area (Å²) >= 11 is 0. The maximum atomic E-state index is 11.6. The Balaban J connectivity index is 1.42. The van der Waals surface area contributed by atoms with E-state index in [1.807, 2.05) is 13.0 Å². The van der Waals surface area contributed by atoms with Gasteiger partial charge in [-0.3, -0.25) is 4.79 Å². The maximum absolute atomic E-state index is 11.6. The third-order valence-corrected chi connectivity index (χ3v) is 5.99. The standard InChI is InChI=1S/C26H32N4O4/c1-20(18-25(31)28-12-11-27)10-17-34-19-21-2-4-22(5-3-21)23-6-8-24(9-7-23)29-13-15-30(16-14-29)26(32)33/h2-9,20H,10,12-19H2,1H3,(H,28,31)(H,32,33). The van der Waals surface area contributed by atoms with E-state index in [0.29, 0.717) is 45.8 Å². The molecule has 0 aromatic heterocycles. The summed E-state index contributed by atoms with van der Waals surface area (Å²) in [5.41, 5.74) is 4.46. The van der Waals surface area contributed by atoms with E-state index < -0.39 is 6.09 Å². The van der Waals surface area contributed by atoms with Gasteiger partial charge in [-0.15, -0.1) is 0 Å². The highest BCUT2D eigenvalue weighted by Crippen LogP contribution is 2.24. The van der Waals surface area contributed by atoms with Gasteiger partial charge in [0.2, 0.25) is 5.91 Å². The van der Waals surface area contributed by atoms with Gasteiger partial charge in [-0.25, -0.2) is 4.79 Å². The third kappa shape index (κ3) is 7.49. The predicted molar refractivity (Wildman–Crippen MR) is 130 cm³/mol. The van der Waals surface area contributed by atoms with Gasteiger partial charge in [-0.1, -0.05) is 43.3 Å². The molecule has 0 radical (unpaired) electrons. The molecular weight excluding hydrogens is 432 g/mol. The zero-order valence-corrected chi connectivity index (χ0v) is 19.6. The highest BCUT2D eigenvalue weighted by molar-refractivity contribution is 5.76. The molecule has 2 N–H and O–H groups in total. The number of anilines is 1. The molecule has 1 aliphatic rings. The van der Waals surface area contributed by atoms with Gasteiger partial charge in [0.1, 0.15) is 6.54 Å². The zero-order valence-electron chi connectivity index (χ0n) is 19.6. The molecule has 0 spiro atoms. The van der Waals surface area contributed by atoms with Crippen LogP contribution in [0.4, 0.5) is 10.5 Å². The Morgan fingerprint density at radius 2 is 1.68 bits per heavy atom. The number of hydrogen-bond donors (Lipinski definition) is 2. The first-order valence-electron chi connectivity index (χ1n) is 11.6. The molecule has 0 aliphatic carbocycles. The van der Waals surface area contributed by atoms with E-state index >= 15 is 0 Å². The van der Waals surface area contributed by atoms with Gasteiger partial charge in [0.25, 0.3) is 0 Å². The Bertz CT molecular complexity index is 977. The van der Waals surface area contributed by atoms with Crippen molar-refractivity contribution in [3.8, 4) is 17.2 Å².